The lowest BCUT2D eigenvalue weighted by molar-refractivity contribution is -0.132. The van der Waals surface area contributed by atoms with Crippen LogP contribution in [0.1, 0.15) is 30.9 Å². The van der Waals surface area contributed by atoms with Crippen molar-refractivity contribution in [2.75, 3.05) is 6.54 Å². The zero-order valence-electron chi connectivity index (χ0n) is 13.2. The van der Waals surface area contributed by atoms with E-state index in [1.54, 1.807) is 6.92 Å². The second-order valence-electron chi connectivity index (χ2n) is 6.32. The van der Waals surface area contributed by atoms with E-state index in [1.807, 2.05) is 12.1 Å². The Labute approximate surface area is 132 Å². The Balaban J connectivity index is 1.93. The fourth-order valence-corrected chi connectivity index (χ4v) is 3.81. The highest BCUT2D eigenvalue weighted by atomic mass is 16.2. The van der Waals surface area contributed by atoms with Crippen LogP contribution in [0.5, 0.6) is 0 Å². The van der Waals surface area contributed by atoms with Crippen molar-refractivity contribution in [3.05, 3.63) is 71.8 Å². The molecule has 0 N–H and O–H groups in total. The molecule has 0 aliphatic carbocycles. The minimum absolute atomic E-state index is 0.0749. The summed E-state index contributed by atoms with van der Waals surface area (Å²) in [5, 5.41) is 0. The van der Waals surface area contributed by atoms with E-state index in [-0.39, 0.29) is 11.4 Å². The van der Waals surface area contributed by atoms with Gasteiger partial charge in [-0.3, -0.25) is 4.79 Å². The first-order chi connectivity index (χ1) is 10.7. The second kappa shape index (κ2) is 6.35. The highest BCUT2D eigenvalue weighted by Crippen LogP contribution is 2.36. The smallest absolute Gasteiger partial charge is 0.219 e. The Bertz CT molecular complexity index is 579. The fraction of sp³-hybridized carbons (Fsp3) is 0.350. The quantitative estimate of drug-likeness (QED) is 0.838. The van der Waals surface area contributed by atoms with Gasteiger partial charge in [-0.1, -0.05) is 60.7 Å². The van der Waals surface area contributed by atoms with Gasteiger partial charge in [-0.25, -0.2) is 0 Å². The molecule has 0 spiro atoms. The average molecular weight is 293 g/mol. The minimum atomic E-state index is -0.0749. The molecule has 1 aliphatic rings. The lowest BCUT2D eigenvalue weighted by Gasteiger charge is -2.39. The summed E-state index contributed by atoms with van der Waals surface area (Å²) in [5.74, 6) is 0.198. The predicted molar refractivity (Wildman–Crippen MR) is 89.6 cm³/mol. The highest BCUT2D eigenvalue weighted by molar-refractivity contribution is 5.74. The van der Waals surface area contributed by atoms with E-state index in [0.29, 0.717) is 0 Å². The van der Waals surface area contributed by atoms with Crippen LogP contribution < -0.4 is 0 Å². The van der Waals surface area contributed by atoms with Crippen LogP contribution in [0.4, 0.5) is 0 Å². The summed E-state index contributed by atoms with van der Waals surface area (Å²) in [6.07, 6.45) is 4.04. The first-order valence-electron chi connectivity index (χ1n) is 8.06. The lowest BCUT2D eigenvalue weighted by atomic mass is 9.82. The van der Waals surface area contributed by atoms with Crippen molar-refractivity contribution in [1.29, 1.82) is 0 Å². The van der Waals surface area contributed by atoms with Crippen LogP contribution in [0, 0.1) is 0 Å². The fourth-order valence-electron chi connectivity index (χ4n) is 3.81. The zero-order chi connectivity index (χ0) is 15.4. The first kappa shape index (κ1) is 14.8. The number of hydrogen-bond acceptors (Lipinski definition) is 1. The largest absolute Gasteiger partial charge is 0.337 e. The Kier molecular flexibility index (Phi) is 4.28. The Morgan fingerprint density at radius 1 is 0.955 bits per heavy atom. The van der Waals surface area contributed by atoms with E-state index in [4.69, 9.17) is 0 Å². The first-order valence-corrected chi connectivity index (χ1v) is 8.06. The van der Waals surface area contributed by atoms with Crippen LogP contribution >= 0.6 is 0 Å². The molecule has 1 heterocycles. The number of likely N-dealkylation sites (tertiary alicyclic amines) is 1. The third kappa shape index (κ3) is 3.06. The van der Waals surface area contributed by atoms with Gasteiger partial charge < -0.3 is 4.90 Å². The Hall–Kier alpha value is -2.09. The van der Waals surface area contributed by atoms with E-state index < -0.39 is 0 Å². The zero-order valence-corrected chi connectivity index (χ0v) is 13.2. The number of benzene rings is 2. The molecule has 2 nitrogen and oxygen atoms in total. The molecule has 0 radical (unpaired) electrons. The molecule has 0 unspecified atom stereocenters. The average Bonchev–Trinajstić information content (AvgIpc) is 2.92. The third-order valence-electron chi connectivity index (χ3n) is 4.73. The molecule has 114 valence electrons. The monoisotopic (exact) mass is 293 g/mol. The van der Waals surface area contributed by atoms with Crippen LogP contribution in [-0.4, -0.2) is 22.9 Å². The molecular weight excluding hydrogens is 270 g/mol. The number of nitrogens with zero attached hydrogens (tertiary/aromatic N) is 1. The summed E-state index contributed by atoms with van der Waals surface area (Å²) in [4.78, 5) is 14.3. The number of hydrogen-bond donors (Lipinski definition) is 0. The van der Waals surface area contributed by atoms with Crippen molar-refractivity contribution in [3.63, 3.8) is 0 Å². The van der Waals surface area contributed by atoms with Gasteiger partial charge >= 0.3 is 0 Å². The number of amides is 1. The van der Waals surface area contributed by atoms with E-state index >= 15 is 0 Å². The van der Waals surface area contributed by atoms with E-state index in [0.717, 1.165) is 32.2 Å². The van der Waals surface area contributed by atoms with E-state index in [9.17, 15) is 4.79 Å². The summed E-state index contributed by atoms with van der Waals surface area (Å²) >= 11 is 0. The van der Waals surface area contributed by atoms with Gasteiger partial charge in [0, 0.05) is 13.5 Å². The maximum absolute atomic E-state index is 12.2. The van der Waals surface area contributed by atoms with Gasteiger partial charge in [0.15, 0.2) is 0 Å². The molecule has 3 rings (SSSR count). The topological polar surface area (TPSA) is 20.3 Å². The van der Waals surface area contributed by atoms with Gasteiger partial charge in [0.2, 0.25) is 5.91 Å². The lowest BCUT2D eigenvalue weighted by Crippen LogP contribution is -2.49. The number of carbonyl (C=O) groups excluding carboxylic acids is 1. The molecule has 0 atom stereocenters. The summed E-state index contributed by atoms with van der Waals surface area (Å²) in [5.41, 5.74) is 2.55. The van der Waals surface area contributed by atoms with Gasteiger partial charge in [-0.15, -0.1) is 0 Å². The van der Waals surface area contributed by atoms with Crippen molar-refractivity contribution >= 4 is 5.91 Å². The third-order valence-corrected chi connectivity index (χ3v) is 4.73. The van der Waals surface area contributed by atoms with Crippen LogP contribution in [-0.2, 0) is 17.6 Å². The molecule has 2 aromatic rings. The standard InChI is InChI=1S/C20H23NO/c1-17(22)21-14-8-13-20(21,15-18-9-4-2-5-10-18)16-19-11-6-3-7-12-19/h2-7,9-12H,8,13-16H2,1H3. The highest BCUT2D eigenvalue weighted by Gasteiger charge is 2.42. The molecule has 0 bridgehead atoms. The summed E-state index contributed by atoms with van der Waals surface area (Å²) in [7, 11) is 0. The molecule has 2 heteroatoms. The van der Waals surface area contributed by atoms with Crippen molar-refractivity contribution in [2.45, 2.75) is 38.1 Å². The van der Waals surface area contributed by atoms with Crippen LogP contribution in [0.25, 0.3) is 0 Å². The molecule has 0 aromatic heterocycles. The predicted octanol–water partition coefficient (Wildman–Crippen LogP) is 3.85. The van der Waals surface area contributed by atoms with Crippen LogP contribution in [0.3, 0.4) is 0 Å². The summed E-state index contributed by atoms with van der Waals surface area (Å²) < 4.78 is 0. The Morgan fingerprint density at radius 2 is 1.45 bits per heavy atom. The molecule has 1 fully saturated rings. The van der Waals surface area contributed by atoms with Crippen molar-refractivity contribution < 1.29 is 4.79 Å². The number of carbonyl (C=O) groups is 1. The maximum atomic E-state index is 12.2. The van der Waals surface area contributed by atoms with Crippen molar-refractivity contribution in [1.82, 2.24) is 4.90 Å². The maximum Gasteiger partial charge on any atom is 0.219 e. The molecule has 22 heavy (non-hydrogen) atoms. The van der Waals surface area contributed by atoms with Gasteiger partial charge in [0.1, 0.15) is 0 Å². The molecule has 0 saturated carbocycles. The summed E-state index contributed by atoms with van der Waals surface area (Å²) in [6, 6.07) is 21.1. The van der Waals surface area contributed by atoms with Crippen LogP contribution in [0.15, 0.2) is 60.7 Å². The molecule has 1 amide bonds. The molecular formula is C20H23NO. The van der Waals surface area contributed by atoms with Crippen molar-refractivity contribution in [2.24, 2.45) is 0 Å². The van der Waals surface area contributed by atoms with Crippen LogP contribution in [0.2, 0.25) is 0 Å². The second-order valence-corrected chi connectivity index (χ2v) is 6.32. The molecule has 1 saturated heterocycles. The van der Waals surface area contributed by atoms with Crippen molar-refractivity contribution in [3.8, 4) is 0 Å². The molecule has 2 aromatic carbocycles. The van der Waals surface area contributed by atoms with Gasteiger partial charge in [-0.05, 0) is 36.8 Å². The van der Waals surface area contributed by atoms with Gasteiger partial charge in [-0.2, -0.15) is 0 Å². The minimum Gasteiger partial charge on any atom is -0.337 e. The normalized spacial score (nSPS) is 16.7. The van der Waals surface area contributed by atoms with Gasteiger partial charge in [0.25, 0.3) is 0 Å². The summed E-state index contributed by atoms with van der Waals surface area (Å²) in [6.45, 7) is 2.59. The number of rotatable bonds is 4. The SMILES string of the molecule is CC(=O)N1CCCC1(Cc1ccccc1)Cc1ccccc1. The van der Waals surface area contributed by atoms with E-state index in [1.165, 1.54) is 11.1 Å². The Morgan fingerprint density at radius 3 is 1.91 bits per heavy atom. The van der Waals surface area contributed by atoms with E-state index in [2.05, 4.69) is 53.4 Å². The van der Waals surface area contributed by atoms with Gasteiger partial charge in [0.05, 0.1) is 5.54 Å². The molecule has 1 aliphatic heterocycles.